The van der Waals surface area contributed by atoms with Gasteiger partial charge in [-0.15, -0.1) is 0 Å². The predicted molar refractivity (Wildman–Crippen MR) is 69.4 cm³/mol. The van der Waals surface area contributed by atoms with Crippen molar-refractivity contribution in [3.63, 3.8) is 0 Å². The van der Waals surface area contributed by atoms with Gasteiger partial charge in [0.25, 0.3) is 0 Å². The van der Waals surface area contributed by atoms with Gasteiger partial charge < -0.3 is 5.73 Å². The van der Waals surface area contributed by atoms with E-state index in [1.807, 2.05) is 0 Å². The van der Waals surface area contributed by atoms with Crippen molar-refractivity contribution in [2.75, 3.05) is 19.6 Å². The topological polar surface area (TPSA) is 29.3 Å². The monoisotopic (exact) mass is 224 g/mol. The van der Waals surface area contributed by atoms with E-state index in [1.54, 1.807) is 0 Å². The minimum absolute atomic E-state index is 0.837. The van der Waals surface area contributed by atoms with Gasteiger partial charge >= 0.3 is 0 Å². The molecular weight excluding hydrogens is 196 g/mol. The van der Waals surface area contributed by atoms with Gasteiger partial charge in [0.15, 0.2) is 0 Å². The summed E-state index contributed by atoms with van der Waals surface area (Å²) < 4.78 is 0. The van der Waals surface area contributed by atoms with Crippen LogP contribution in [0.4, 0.5) is 0 Å². The van der Waals surface area contributed by atoms with Crippen molar-refractivity contribution in [3.8, 4) is 0 Å². The second kappa shape index (κ2) is 6.02. The van der Waals surface area contributed by atoms with E-state index in [0.29, 0.717) is 0 Å². The highest BCUT2D eigenvalue weighted by Crippen LogP contribution is 2.36. The molecule has 3 atom stereocenters. The Balaban J connectivity index is 1.76. The maximum absolute atomic E-state index is 5.58. The molecule has 2 aliphatic rings. The third-order valence-electron chi connectivity index (χ3n) is 4.57. The van der Waals surface area contributed by atoms with Gasteiger partial charge in [0, 0.05) is 12.6 Å². The van der Waals surface area contributed by atoms with Crippen molar-refractivity contribution in [1.29, 1.82) is 0 Å². The van der Waals surface area contributed by atoms with Gasteiger partial charge in [-0.1, -0.05) is 19.8 Å². The highest BCUT2D eigenvalue weighted by atomic mass is 15.2. The Hall–Kier alpha value is -0.0800. The number of hydrogen-bond acceptors (Lipinski definition) is 2. The van der Waals surface area contributed by atoms with Crippen LogP contribution in [0.2, 0.25) is 0 Å². The first-order valence-corrected chi connectivity index (χ1v) is 7.25. The van der Waals surface area contributed by atoms with Crippen LogP contribution in [0.1, 0.15) is 51.9 Å². The first-order valence-electron chi connectivity index (χ1n) is 7.25. The van der Waals surface area contributed by atoms with Crippen LogP contribution < -0.4 is 5.73 Å². The molecule has 3 unspecified atom stereocenters. The van der Waals surface area contributed by atoms with Crippen LogP contribution in [-0.2, 0) is 0 Å². The molecule has 1 aliphatic carbocycles. The van der Waals surface area contributed by atoms with E-state index in [1.165, 1.54) is 58.0 Å². The molecule has 94 valence electrons. The molecule has 0 aromatic carbocycles. The summed E-state index contributed by atoms with van der Waals surface area (Å²) in [5.41, 5.74) is 5.58. The normalized spacial score (nSPS) is 32.6. The fourth-order valence-electron chi connectivity index (χ4n) is 3.69. The summed E-state index contributed by atoms with van der Waals surface area (Å²) in [4.78, 5) is 2.78. The average Bonchev–Trinajstić information content (AvgIpc) is 2.70. The van der Waals surface area contributed by atoms with E-state index in [2.05, 4.69) is 11.8 Å². The SMILES string of the molecule is CC(CCCN)CN1CCC2CCCCC21. The van der Waals surface area contributed by atoms with Gasteiger partial charge in [-0.2, -0.15) is 0 Å². The first-order chi connectivity index (χ1) is 7.81. The molecule has 1 heterocycles. The molecule has 2 N–H and O–H groups in total. The quantitative estimate of drug-likeness (QED) is 0.778. The highest BCUT2D eigenvalue weighted by Gasteiger charge is 2.35. The maximum Gasteiger partial charge on any atom is 0.0124 e. The van der Waals surface area contributed by atoms with Crippen LogP contribution in [0.3, 0.4) is 0 Å². The molecule has 0 aromatic heterocycles. The molecule has 0 aromatic rings. The van der Waals surface area contributed by atoms with Gasteiger partial charge in [-0.3, -0.25) is 4.90 Å². The van der Waals surface area contributed by atoms with E-state index in [-0.39, 0.29) is 0 Å². The molecule has 0 spiro atoms. The molecule has 16 heavy (non-hydrogen) atoms. The minimum atomic E-state index is 0.837. The van der Waals surface area contributed by atoms with Crippen LogP contribution in [0, 0.1) is 11.8 Å². The lowest BCUT2D eigenvalue weighted by Gasteiger charge is -2.33. The molecule has 0 bridgehead atoms. The Bertz CT molecular complexity index is 205. The Morgan fingerprint density at radius 3 is 2.88 bits per heavy atom. The van der Waals surface area contributed by atoms with Gasteiger partial charge in [0.1, 0.15) is 0 Å². The lowest BCUT2D eigenvalue weighted by atomic mass is 9.85. The van der Waals surface area contributed by atoms with E-state index in [0.717, 1.165) is 24.4 Å². The fraction of sp³-hybridized carbons (Fsp3) is 1.00. The predicted octanol–water partition coefficient (Wildman–Crippen LogP) is 2.63. The molecule has 1 saturated carbocycles. The Labute approximate surface area is 101 Å². The maximum atomic E-state index is 5.58. The van der Waals surface area contributed by atoms with Crippen LogP contribution in [0.15, 0.2) is 0 Å². The smallest absolute Gasteiger partial charge is 0.0124 e. The standard InChI is InChI=1S/C14H28N2/c1-12(5-4-9-15)11-16-10-8-13-6-2-3-7-14(13)16/h12-14H,2-11,15H2,1H3. The summed E-state index contributed by atoms with van der Waals surface area (Å²) in [5, 5.41) is 0. The molecule has 2 heteroatoms. The van der Waals surface area contributed by atoms with Crippen LogP contribution in [0.5, 0.6) is 0 Å². The third-order valence-corrected chi connectivity index (χ3v) is 4.57. The summed E-state index contributed by atoms with van der Waals surface area (Å²) in [5.74, 6) is 1.87. The Morgan fingerprint density at radius 1 is 1.25 bits per heavy atom. The molecule has 2 fully saturated rings. The zero-order valence-electron chi connectivity index (χ0n) is 10.8. The second-order valence-corrected chi connectivity index (χ2v) is 5.93. The Morgan fingerprint density at radius 2 is 2.06 bits per heavy atom. The molecule has 0 radical (unpaired) electrons. The van der Waals surface area contributed by atoms with Crippen LogP contribution in [-0.4, -0.2) is 30.6 Å². The third kappa shape index (κ3) is 2.98. The number of rotatable bonds is 5. The number of likely N-dealkylation sites (tertiary alicyclic amines) is 1. The van der Waals surface area contributed by atoms with Crippen molar-refractivity contribution >= 4 is 0 Å². The second-order valence-electron chi connectivity index (χ2n) is 5.93. The summed E-state index contributed by atoms with van der Waals surface area (Å²) >= 11 is 0. The van der Waals surface area contributed by atoms with E-state index in [9.17, 15) is 0 Å². The highest BCUT2D eigenvalue weighted by molar-refractivity contribution is 4.90. The van der Waals surface area contributed by atoms with E-state index in [4.69, 9.17) is 5.73 Å². The van der Waals surface area contributed by atoms with E-state index >= 15 is 0 Å². The molecule has 1 saturated heterocycles. The number of nitrogens with zero attached hydrogens (tertiary/aromatic N) is 1. The average molecular weight is 224 g/mol. The van der Waals surface area contributed by atoms with Gasteiger partial charge in [0.2, 0.25) is 0 Å². The summed E-state index contributed by atoms with van der Waals surface area (Å²) in [6, 6.07) is 0.939. The van der Waals surface area contributed by atoms with Crippen molar-refractivity contribution < 1.29 is 0 Å². The lowest BCUT2D eigenvalue weighted by molar-refractivity contribution is 0.160. The van der Waals surface area contributed by atoms with Gasteiger partial charge in [-0.25, -0.2) is 0 Å². The number of fused-ring (bicyclic) bond motifs is 1. The van der Waals surface area contributed by atoms with Crippen molar-refractivity contribution in [2.45, 2.75) is 57.9 Å². The molecular formula is C14H28N2. The summed E-state index contributed by atoms with van der Waals surface area (Å²) in [6.07, 6.45) is 9.89. The van der Waals surface area contributed by atoms with Crippen molar-refractivity contribution in [3.05, 3.63) is 0 Å². The largest absolute Gasteiger partial charge is 0.330 e. The number of nitrogens with two attached hydrogens (primary N) is 1. The first kappa shape index (κ1) is 12.4. The zero-order chi connectivity index (χ0) is 11.4. The zero-order valence-corrected chi connectivity index (χ0v) is 10.8. The molecule has 2 rings (SSSR count). The van der Waals surface area contributed by atoms with Crippen molar-refractivity contribution in [2.24, 2.45) is 17.6 Å². The number of hydrogen-bond donors (Lipinski definition) is 1. The van der Waals surface area contributed by atoms with Gasteiger partial charge in [-0.05, 0) is 57.0 Å². The lowest BCUT2D eigenvalue weighted by Crippen LogP contribution is -2.37. The summed E-state index contributed by atoms with van der Waals surface area (Å²) in [7, 11) is 0. The fourth-order valence-corrected chi connectivity index (χ4v) is 3.69. The Kier molecular flexibility index (Phi) is 4.66. The van der Waals surface area contributed by atoms with Crippen molar-refractivity contribution in [1.82, 2.24) is 4.90 Å². The van der Waals surface area contributed by atoms with Gasteiger partial charge in [0.05, 0.1) is 0 Å². The molecule has 2 nitrogen and oxygen atoms in total. The minimum Gasteiger partial charge on any atom is -0.330 e. The van der Waals surface area contributed by atoms with E-state index < -0.39 is 0 Å². The van der Waals surface area contributed by atoms with Crippen LogP contribution >= 0.6 is 0 Å². The van der Waals surface area contributed by atoms with Crippen LogP contribution in [0.25, 0.3) is 0 Å². The molecule has 1 aliphatic heterocycles. The summed E-state index contributed by atoms with van der Waals surface area (Å²) in [6.45, 7) is 5.94. The molecule has 0 amide bonds.